The summed E-state index contributed by atoms with van der Waals surface area (Å²) in [4.78, 5) is 0. The van der Waals surface area contributed by atoms with Gasteiger partial charge in [0.05, 0.1) is 0 Å². The molecule has 0 spiro atoms. The molecule has 3 saturated carbocycles. The summed E-state index contributed by atoms with van der Waals surface area (Å²) in [6, 6.07) is 0. The van der Waals surface area contributed by atoms with E-state index in [4.69, 9.17) is 0 Å². The van der Waals surface area contributed by atoms with Crippen molar-refractivity contribution in [1.82, 2.24) is 0 Å². The van der Waals surface area contributed by atoms with Crippen LogP contribution in [0.25, 0.3) is 0 Å². The van der Waals surface area contributed by atoms with Crippen molar-refractivity contribution in [1.29, 1.82) is 0 Å². The van der Waals surface area contributed by atoms with Crippen LogP contribution in [-0.4, -0.2) is 0 Å². The standard InChI is InChI=1S/C14H20/c1-3-10-11-7-8-13(10)14(4-2)9-5-6-12(11)14/h3-4,10-13H,1-2,5-9H2. The van der Waals surface area contributed by atoms with Crippen molar-refractivity contribution in [3.63, 3.8) is 0 Å². The van der Waals surface area contributed by atoms with Gasteiger partial charge in [-0.05, 0) is 54.8 Å². The molecule has 0 heterocycles. The van der Waals surface area contributed by atoms with Crippen molar-refractivity contribution in [2.45, 2.75) is 32.1 Å². The lowest BCUT2D eigenvalue weighted by Crippen LogP contribution is -2.29. The van der Waals surface area contributed by atoms with E-state index < -0.39 is 0 Å². The molecule has 3 fully saturated rings. The Kier molecular flexibility index (Phi) is 1.72. The molecule has 0 aromatic carbocycles. The second kappa shape index (κ2) is 2.74. The van der Waals surface area contributed by atoms with E-state index in [2.05, 4.69) is 25.3 Å². The normalized spacial score (nSPS) is 54.6. The van der Waals surface area contributed by atoms with Crippen molar-refractivity contribution in [3.8, 4) is 0 Å². The van der Waals surface area contributed by atoms with Crippen LogP contribution in [0.15, 0.2) is 25.3 Å². The minimum Gasteiger partial charge on any atom is -0.103 e. The molecular weight excluding hydrogens is 168 g/mol. The van der Waals surface area contributed by atoms with Gasteiger partial charge in [0.15, 0.2) is 0 Å². The highest BCUT2D eigenvalue weighted by Crippen LogP contribution is 2.69. The van der Waals surface area contributed by atoms with Crippen LogP contribution in [0.1, 0.15) is 32.1 Å². The van der Waals surface area contributed by atoms with Crippen molar-refractivity contribution in [2.24, 2.45) is 29.1 Å². The summed E-state index contributed by atoms with van der Waals surface area (Å²) in [7, 11) is 0. The Morgan fingerprint density at radius 1 is 1.07 bits per heavy atom. The zero-order chi connectivity index (χ0) is 9.76. The molecule has 0 amide bonds. The van der Waals surface area contributed by atoms with Crippen LogP contribution in [0, 0.1) is 29.1 Å². The van der Waals surface area contributed by atoms with Crippen molar-refractivity contribution in [2.75, 3.05) is 0 Å². The number of rotatable bonds is 2. The molecule has 3 aliphatic rings. The summed E-state index contributed by atoms with van der Waals surface area (Å²) in [6.07, 6.45) is 11.8. The first-order chi connectivity index (χ1) is 6.83. The lowest BCUT2D eigenvalue weighted by Gasteiger charge is -2.36. The summed E-state index contributed by atoms with van der Waals surface area (Å²) in [5.74, 6) is 3.63. The van der Waals surface area contributed by atoms with E-state index in [0.29, 0.717) is 5.41 Å². The third kappa shape index (κ3) is 0.769. The van der Waals surface area contributed by atoms with Gasteiger partial charge in [-0.3, -0.25) is 0 Å². The first-order valence-electron chi connectivity index (χ1n) is 6.09. The Bertz CT molecular complexity index is 278. The molecule has 3 aliphatic carbocycles. The molecule has 14 heavy (non-hydrogen) atoms. The molecule has 0 aromatic heterocycles. The second-order valence-corrected chi connectivity index (χ2v) is 5.48. The number of allylic oxidation sites excluding steroid dienone is 2. The average Bonchev–Trinajstić information content (AvgIpc) is 2.87. The lowest BCUT2D eigenvalue weighted by molar-refractivity contribution is 0.171. The van der Waals surface area contributed by atoms with E-state index in [1.165, 1.54) is 32.1 Å². The van der Waals surface area contributed by atoms with Gasteiger partial charge in [-0.25, -0.2) is 0 Å². The van der Waals surface area contributed by atoms with Gasteiger partial charge < -0.3 is 0 Å². The average molecular weight is 188 g/mol. The predicted octanol–water partition coefficient (Wildman–Crippen LogP) is 3.80. The maximum atomic E-state index is 4.13. The zero-order valence-corrected chi connectivity index (χ0v) is 8.91. The van der Waals surface area contributed by atoms with Gasteiger partial charge in [-0.1, -0.05) is 18.6 Å². The fourth-order valence-electron chi connectivity index (χ4n) is 5.05. The quantitative estimate of drug-likeness (QED) is 0.578. The monoisotopic (exact) mass is 188 g/mol. The Morgan fingerprint density at radius 3 is 2.57 bits per heavy atom. The SMILES string of the molecule is C=CC1C2CCC1C1(C=C)CCCC21. The first kappa shape index (κ1) is 8.76. The van der Waals surface area contributed by atoms with Crippen LogP contribution in [0.2, 0.25) is 0 Å². The highest BCUT2D eigenvalue weighted by molar-refractivity contribution is 5.20. The van der Waals surface area contributed by atoms with Crippen LogP contribution in [0.4, 0.5) is 0 Å². The third-order valence-corrected chi connectivity index (χ3v) is 5.44. The molecule has 2 bridgehead atoms. The van der Waals surface area contributed by atoms with Crippen LogP contribution in [-0.2, 0) is 0 Å². The fourth-order valence-corrected chi connectivity index (χ4v) is 5.05. The maximum absolute atomic E-state index is 4.13. The highest BCUT2D eigenvalue weighted by Gasteiger charge is 2.61. The minimum atomic E-state index is 0.530. The summed E-state index contributed by atoms with van der Waals surface area (Å²) in [5, 5.41) is 0. The van der Waals surface area contributed by atoms with Crippen LogP contribution >= 0.6 is 0 Å². The summed E-state index contributed by atoms with van der Waals surface area (Å²) < 4.78 is 0. The van der Waals surface area contributed by atoms with Gasteiger partial charge in [-0.2, -0.15) is 0 Å². The van der Waals surface area contributed by atoms with E-state index in [9.17, 15) is 0 Å². The Morgan fingerprint density at radius 2 is 1.93 bits per heavy atom. The van der Waals surface area contributed by atoms with Gasteiger partial charge in [0.1, 0.15) is 0 Å². The second-order valence-electron chi connectivity index (χ2n) is 5.48. The van der Waals surface area contributed by atoms with Crippen molar-refractivity contribution < 1.29 is 0 Å². The smallest absolute Gasteiger partial charge is 0.00559 e. The Hall–Kier alpha value is -0.520. The molecule has 0 N–H and O–H groups in total. The topological polar surface area (TPSA) is 0 Å². The molecule has 76 valence electrons. The summed E-state index contributed by atoms with van der Waals surface area (Å²) >= 11 is 0. The summed E-state index contributed by atoms with van der Waals surface area (Å²) in [5.41, 5.74) is 0.530. The molecule has 3 rings (SSSR count). The van der Waals surface area contributed by atoms with Gasteiger partial charge in [-0.15, -0.1) is 13.2 Å². The highest BCUT2D eigenvalue weighted by atomic mass is 14.7. The van der Waals surface area contributed by atoms with Crippen LogP contribution in [0.5, 0.6) is 0 Å². The molecule has 0 heteroatoms. The van der Waals surface area contributed by atoms with Crippen LogP contribution < -0.4 is 0 Å². The number of fused-ring (bicyclic) bond motifs is 5. The molecule has 0 radical (unpaired) electrons. The molecule has 0 saturated heterocycles. The van der Waals surface area contributed by atoms with E-state index in [1.807, 2.05) is 0 Å². The molecule has 0 nitrogen and oxygen atoms in total. The Balaban J connectivity index is 2.04. The summed E-state index contributed by atoms with van der Waals surface area (Å²) in [6.45, 7) is 8.17. The lowest BCUT2D eigenvalue weighted by atomic mass is 9.68. The van der Waals surface area contributed by atoms with E-state index in [-0.39, 0.29) is 0 Å². The van der Waals surface area contributed by atoms with Gasteiger partial charge in [0, 0.05) is 0 Å². The first-order valence-corrected chi connectivity index (χ1v) is 6.09. The third-order valence-electron chi connectivity index (χ3n) is 5.44. The van der Waals surface area contributed by atoms with Crippen molar-refractivity contribution >= 4 is 0 Å². The fraction of sp³-hybridized carbons (Fsp3) is 0.714. The molecular formula is C14H20. The molecule has 0 aliphatic heterocycles. The van der Waals surface area contributed by atoms with Gasteiger partial charge >= 0.3 is 0 Å². The largest absolute Gasteiger partial charge is 0.103 e. The predicted molar refractivity (Wildman–Crippen MR) is 59.9 cm³/mol. The van der Waals surface area contributed by atoms with Crippen LogP contribution in [0.3, 0.4) is 0 Å². The van der Waals surface area contributed by atoms with E-state index in [1.54, 1.807) is 0 Å². The van der Waals surface area contributed by atoms with Crippen molar-refractivity contribution in [3.05, 3.63) is 25.3 Å². The van der Waals surface area contributed by atoms with E-state index in [0.717, 1.165) is 23.7 Å². The van der Waals surface area contributed by atoms with E-state index >= 15 is 0 Å². The Labute approximate surface area is 87.1 Å². The number of hydrogen-bond acceptors (Lipinski definition) is 0. The van der Waals surface area contributed by atoms with Gasteiger partial charge in [0.2, 0.25) is 0 Å². The molecule has 5 unspecified atom stereocenters. The zero-order valence-electron chi connectivity index (χ0n) is 8.91. The molecule has 5 atom stereocenters. The van der Waals surface area contributed by atoms with Gasteiger partial charge in [0.25, 0.3) is 0 Å². The minimum absolute atomic E-state index is 0.530. The maximum Gasteiger partial charge on any atom is -0.00559 e. The number of hydrogen-bond donors (Lipinski definition) is 0. The molecule has 0 aromatic rings.